The Kier molecular flexibility index (Phi) is 3.34. The molecule has 2 rings (SSSR count). The molecule has 1 aromatic rings. The molecule has 0 amide bonds. The van der Waals surface area contributed by atoms with Crippen molar-refractivity contribution in [2.75, 3.05) is 6.54 Å². The minimum absolute atomic E-state index is 0.363. The molecule has 0 N–H and O–H groups in total. The van der Waals surface area contributed by atoms with Gasteiger partial charge in [-0.2, -0.15) is 0 Å². The Morgan fingerprint density at radius 2 is 1.94 bits per heavy atom. The summed E-state index contributed by atoms with van der Waals surface area (Å²) in [6.45, 7) is 9.46. The number of hydrogen-bond acceptors (Lipinski definition) is 1. The van der Waals surface area contributed by atoms with Gasteiger partial charge in [0.25, 0.3) is 0 Å². The highest BCUT2D eigenvalue weighted by molar-refractivity contribution is 5.15. The van der Waals surface area contributed by atoms with Crippen molar-refractivity contribution in [2.24, 2.45) is 5.92 Å². The zero-order chi connectivity index (χ0) is 11.6. The highest BCUT2D eigenvalue weighted by Crippen LogP contribution is 2.31. The Labute approximate surface area is 99.5 Å². The molecule has 0 bridgehead atoms. The molecule has 88 valence electrons. The summed E-state index contributed by atoms with van der Waals surface area (Å²) in [4.78, 5) is 2.64. The van der Waals surface area contributed by atoms with Gasteiger partial charge in [0.15, 0.2) is 0 Å². The van der Waals surface area contributed by atoms with Crippen LogP contribution in [0.15, 0.2) is 30.3 Å². The summed E-state index contributed by atoms with van der Waals surface area (Å²) in [6.07, 6.45) is 2.69. The zero-order valence-corrected chi connectivity index (χ0v) is 10.7. The van der Waals surface area contributed by atoms with Gasteiger partial charge in [-0.3, -0.25) is 4.90 Å². The molecule has 0 saturated carbocycles. The maximum absolute atomic E-state index is 2.64. The Morgan fingerprint density at radius 1 is 1.25 bits per heavy atom. The summed E-state index contributed by atoms with van der Waals surface area (Å²) in [7, 11) is 0. The summed E-state index contributed by atoms with van der Waals surface area (Å²) in [6, 6.07) is 10.8. The molecule has 1 nitrogen and oxygen atoms in total. The zero-order valence-electron chi connectivity index (χ0n) is 10.7. The first-order valence-electron chi connectivity index (χ1n) is 6.37. The number of piperidine rings is 1. The standard InChI is InChI=1S/C15H23N/c1-13-9-10-15(2,3)16(11-13)12-14-7-5-4-6-8-14/h4-8,13H,9-12H2,1-3H3. The van der Waals surface area contributed by atoms with E-state index in [1.165, 1.54) is 24.9 Å². The number of rotatable bonds is 2. The third kappa shape index (κ3) is 2.65. The van der Waals surface area contributed by atoms with Crippen molar-refractivity contribution in [3.05, 3.63) is 35.9 Å². The Bertz CT molecular complexity index is 329. The van der Waals surface area contributed by atoms with E-state index < -0.39 is 0 Å². The number of hydrogen-bond donors (Lipinski definition) is 0. The fraction of sp³-hybridized carbons (Fsp3) is 0.600. The largest absolute Gasteiger partial charge is 0.294 e. The van der Waals surface area contributed by atoms with Crippen LogP contribution in [0.1, 0.15) is 39.2 Å². The molecule has 1 unspecified atom stereocenters. The lowest BCUT2D eigenvalue weighted by molar-refractivity contribution is 0.0429. The van der Waals surface area contributed by atoms with Gasteiger partial charge in [0.1, 0.15) is 0 Å². The first-order chi connectivity index (χ1) is 7.58. The molecular formula is C15H23N. The van der Waals surface area contributed by atoms with Crippen molar-refractivity contribution in [3.8, 4) is 0 Å². The molecule has 1 heterocycles. The van der Waals surface area contributed by atoms with Crippen LogP contribution in [0.4, 0.5) is 0 Å². The van der Waals surface area contributed by atoms with Crippen molar-refractivity contribution in [2.45, 2.75) is 45.7 Å². The van der Waals surface area contributed by atoms with E-state index in [1.54, 1.807) is 0 Å². The number of nitrogens with zero attached hydrogens (tertiary/aromatic N) is 1. The van der Waals surface area contributed by atoms with E-state index in [-0.39, 0.29) is 0 Å². The maximum atomic E-state index is 2.64. The number of likely N-dealkylation sites (tertiary alicyclic amines) is 1. The van der Waals surface area contributed by atoms with Crippen molar-refractivity contribution in [1.82, 2.24) is 4.90 Å². The van der Waals surface area contributed by atoms with Crippen molar-refractivity contribution in [3.63, 3.8) is 0 Å². The average Bonchev–Trinajstić information content (AvgIpc) is 2.26. The first kappa shape index (κ1) is 11.7. The summed E-state index contributed by atoms with van der Waals surface area (Å²) >= 11 is 0. The van der Waals surface area contributed by atoms with Crippen LogP contribution < -0.4 is 0 Å². The second kappa shape index (κ2) is 4.58. The Morgan fingerprint density at radius 3 is 2.62 bits per heavy atom. The molecule has 1 aliphatic heterocycles. The van der Waals surface area contributed by atoms with E-state index in [2.05, 4.69) is 56.0 Å². The van der Waals surface area contributed by atoms with E-state index in [4.69, 9.17) is 0 Å². The lowest BCUT2D eigenvalue weighted by Gasteiger charge is -2.45. The maximum Gasteiger partial charge on any atom is 0.0239 e. The summed E-state index contributed by atoms with van der Waals surface area (Å²) in [5.74, 6) is 0.844. The van der Waals surface area contributed by atoms with E-state index in [9.17, 15) is 0 Å². The van der Waals surface area contributed by atoms with Crippen molar-refractivity contribution in [1.29, 1.82) is 0 Å². The summed E-state index contributed by atoms with van der Waals surface area (Å²) < 4.78 is 0. The smallest absolute Gasteiger partial charge is 0.0239 e. The van der Waals surface area contributed by atoms with Crippen molar-refractivity contribution >= 4 is 0 Å². The van der Waals surface area contributed by atoms with E-state index in [0.29, 0.717) is 5.54 Å². The first-order valence-corrected chi connectivity index (χ1v) is 6.37. The third-order valence-corrected chi connectivity index (χ3v) is 3.85. The van der Waals surface area contributed by atoms with Gasteiger partial charge in [0.2, 0.25) is 0 Å². The predicted molar refractivity (Wildman–Crippen MR) is 69.3 cm³/mol. The van der Waals surface area contributed by atoms with Gasteiger partial charge >= 0.3 is 0 Å². The van der Waals surface area contributed by atoms with Crippen LogP contribution in [0.25, 0.3) is 0 Å². The molecular weight excluding hydrogens is 194 g/mol. The highest BCUT2D eigenvalue weighted by Gasteiger charge is 2.32. The molecule has 0 radical (unpaired) electrons. The SMILES string of the molecule is CC1CCC(C)(C)N(Cc2ccccc2)C1. The molecule has 0 aliphatic carbocycles. The van der Waals surface area contributed by atoms with Crippen LogP contribution in [-0.4, -0.2) is 17.0 Å². The minimum Gasteiger partial charge on any atom is -0.294 e. The molecule has 16 heavy (non-hydrogen) atoms. The monoisotopic (exact) mass is 217 g/mol. The Hall–Kier alpha value is -0.820. The summed E-state index contributed by atoms with van der Waals surface area (Å²) in [5, 5.41) is 0. The average molecular weight is 217 g/mol. The van der Waals surface area contributed by atoms with Gasteiger partial charge in [-0.25, -0.2) is 0 Å². The Balaban J connectivity index is 2.07. The molecule has 1 saturated heterocycles. The lowest BCUT2D eigenvalue weighted by atomic mass is 9.85. The molecule has 0 spiro atoms. The van der Waals surface area contributed by atoms with E-state index in [0.717, 1.165) is 12.5 Å². The van der Waals surface area contributed by atoms with Crippen LogP contribution in [-0.2, 0) is 6.54 Å². The molecule has 1 fully saturated rings. The molecule has 1 atom stereocenters. The fourth-order valence-electron chi connectivity index (χ4n) is 2.55. The van der Waals surface area contributed by atoms with Gasteiger partial charge in [-0.05, 0) is 38.2 Å². The topological polar surface area (TPSA) is 3.24 Å². The second-order valence-electron chi connectivity index (χ2n) is 5.82. The van der Waals surface area contributed by atoms with Gasteiger partial charge in [0, 0.05) is 18.6 Å². The molecule has 1 aliphatic rings. The van der Waals surface area contributed by atoms with Crippen LogP contribution in [0.5, 0.6) is 0 Å². The van der Waals surface area contributed by atoms with Gasteiger partial charge in [-0.15, -0.1) is 0 Å². The number of benzene rings is 1. The van der Waals surface area contributed by atoms with Crippen LogP contribution in [0, 0.1) is 5.92 Å². The van der Waals surface area contributed by atoms with Gasteiger partial charge < -0.3 is 0 Å². The second-order valence-corrected chi connectivity index (χ2v) is 5.82. The molecule has 1 aromatic carbocycles. The minimum atomic E-state index is 0.363. The van der Waals surface area contributed by atoms with Gasteiger partial charge in [-0.1, -0.05) is 37.3 Å². The quantitative estimate of drug-likeness (QED) is 0.730. The van der Waals surface area contributed by atoms with Crippen LogP contribution >= 0.6 is 0 Å². The highest BCUT2D eigenvalue weighted by atomic mass is 15.2. The third-order valence-electron chi connectivity index (χ3n) is 3.85. The summed E-state index contributed by atoms with van der Waals surface area (Å²) in [5.41, 5.74) is 1.80. The lowest BCUT2D eigenvalue weighted by Crippen LogP contribution is -2.49. The fourth-order valence-corrected chi connectivity index (χ4v) is 2.55. The van der Waals surface area contributed by atoms with E-state index in [1.807, 2.05) is 0 Å². The van der Waals surface area contributed by atoms with Crippen LogP contribution in [0.2, 0.25) is 0 Å². The van der Waals surface area contributed by atoms with E-state index >= 15 is 0 Å². The van der Waals surface area contributed by atoms with Crippen molar-refractivity contribution < 1.29 is 0 Å². The predicted octanol–water partition coefficient (Wildman–Crippen LogP) is 3.70. The molecule has 0 aromatic heterocycles. The van der Waals surface area contributed by atoms with Crippen LogP contribution in [0.3, 0.4) is 0 Å². The molecule has 1 heteroatoms. The normalized spacial score (nSPS) is 25.6. The van der Waals surface area contributed by atoms with Gasteiger partial charge in [0.05, 0.1) is 0 Å².